The summed E-state index contributed by atoms with van der Waals surface area (Å²) in [5.74, 6) is 4.33. The van der Waals surface area contributed by atoms with Crippen LogP contribution < -0.4 is 14.8 Å². The Kier molecular flexibility index (Phi) is 3.30. The Bertz CT molecular complexity index is 587. The minimum atomic E-state index is 0.363. The maximum atomic E-state index is 5.51. The summed E-state index contributed by atoms with van der Waals surface area (Å²) in [6.07, 6.45) is 3.97. The number of nitrogens with zero attached hydrogens (tertiary/aromatic N) is 1. The van der Waals surface area contributed by atoms with Crippen molar-refractivity contribution in [2.75, 3.05) is 26.4 Å². The molecule has 3 fully saturated rings. The zero-order valence-electron chi connectivity index (χ0n) is 13.8. The second-order valence-corrected chi connectivity index (χ2v) is 7.89. The van der Waals surface area contributed by atoms with Gasteiger partial charge in [0.25, 0.3) is 0 Å². The molecule has 1 aromatic rings. The molecule has 0 radical (unpaired) electrons. The van der Waals surface area contributed by atoms with E-state index in [2.05, 4.69) is 35.3 Å². The summed E-state index contributed by atoms with van der Waals surface area (Å²) in [6.45, 7) is 6.51. The molecular weight excluding hydrogens is 288 g/mol. The maximum Gasteiger partial charge on any atom is 0.231 e. The van der Waals surface area contributed by atoms with Crippen LogP contribution in [0.3, 0.4) is 0 Å². The SMILES string of the molecule is C[C@H](Cc1ccc2c(c1)OCO2)CN1[C@@H]2CC[C@H]1[C@H]1CNC[C@H]12. The van der Waals surface area contributed by atoms with Gasteiger partial charge < -0.3 is 14.8 Å². The van der Waals surface area contributed by atoms with E-state index in [0.717, 1.165) is 41.8 Å². The highest BCUT2D eigenvalue weighted by molar-refractivity contribution is 5.44. The van der Waals surface area contributed by atoms with Crippen molar-refractivity contribution >= 4 is 0 Å². The van der Waals surface area contributed by atoms with Gasteiger partial charge in [0.15, 0.2) is 11.5 Å². The summed E-state index contributed by atoms with van der Waals surface area (Å²) in [5.41, 5.74) is 1.37. The Labute approximate surface area is 138 Å². The second kappa shape index (κ2) is 5.38. The zero-order valence-corrected chi connectivity index (χ0v) is 13.8. The van der Waals surface area contributed by atoms with Gasteiger partial charge in [-0.15, -0.1) is 0 Å². The first kappa shape index (κ1) is 14.1. The third-order valence-electron chi connectivity index (χ3n) is 6.45. The number of hydrogen-bond acceptors (Lipinski definition) is 4. The lowest BCUT2D eigenvalue weighted by Gasteiger charge is -2.27. The Morgan fingerprint density at radius 2 is 1.87 bits per heavy atom. The van der Waals surface area contributed by atoms with Crippen molar-refractivity contribution in [3.05, 3.63) is 23.8 Å². The Morgan fingerprint density at radius 3 is 2.65 bits per heavy atom. The summed E-state index contributed by atoms with van der Waals surface area (Å²) >= 11 is 0. The molecule has 1 N–H and O–H groups in total. The molecule has 5 atom stereocenters. The van der Waals surface area contributed by atoms with Crippen molar-refractivity contribution in [1.82, 2.24) is 10.2 Å². The van der Waals surface area contributed by atoms with Crippen molar-refractivity contribution in [3.63, 3.8) is 0 Å². The van der Waals surface area contributed by atoms with E-state index in [1.54, 1.807) is 0 Å². The third-order valence-corrected chi connectivity index (χ3v) is 6.45. The molecule has 3 saturated heterocycles. The van der Waals surface area contributed by atoms with E-state index in [0.29, 0.717) is 12.7 Å². The Balaban J connectivity index is 1.25. The molecule has 2 bridgehead atoms. The first-order valence-corrected chi connectivity index (χ1v) is 9.14. The number of ether oxygens (including phenoxy) is 2. The minimum absolute atomic E-state index is 0.363. The van der Waals surface area contributed by atoms with Crippen molar-refractivity contribution in [2.45, 2.75) is 38.3 Å². The molecule has 0 amide bonds. The van der Waals surface area contributed by atoms with Crippen LogP contribution in [0.4, 0.5) is 0 Å². The molecule has 4 heterocycles. The highest BCUT2D eigenvalue weighted by atomic mass is 16.7. The molecule has 0 spiro atoms. The van der Waals surface area contributed by atoms with Crippen LogP contribution in [-0.2, 0) is 6.42 Å². The van der Waals surface area contributed by atoms with E-state index in [9.17, 15) is 0 Å². The summed E-state index contributed by atoms with van der Waals surface area (Å²) in [5, 5.41) is 3.61. The fourth-order valence-electron chi connectivity index (χ4n) is 5.57. The zero-order chi connectivity index (χ0) is 15.4. The van der Waals surface area contributed by atoms with E-state index in [1.807, 2.05) is 0 Å². The smallest absolute Gasteiger partial charge is 0.231 e. The fraction of sp³-hybridized carbons (Fsp3) is 0.684. The second-order valence-electron chi connectivity index (χ2n) is 7.89. The molecule has 4 aliphatic heterocycles. The molecule has 4 heteroatoms. The minimum Gasteiger partial charge on any atom is -0.454 e. The average molecular weight is 314 g/mol. The average Bonchev–Trinajstić information content (AvgIpc) is 3.28. The first-order valence-electron chi connectivity index (χ1n) is 9.14. The number of rotatable bonds is 4. The van der Waals surface area contributed by atoms with Gasteiger partial charge in [-0.1, -0.05) is 13.0 Å². The molecule has 124 valence electrons. The van der Waals surface area contributed by atoms with Crippen molar-refractivity contribution < 1.29 is 9.47 Å². The molecule has 23 heavy (non-hydrogen) atoms. The maximum absolute atomic E-state index is 5.51. The summed E-state index contributed by atoms with van der Waals surface area (Å²) < 4.78 is 10.9. The monoisotopic (exact) mass is 314 g/mol. The van der Waals surface area contributed by atoms with Crippen molar-refractivity contribution in [1.29, 1.82) is 0 Å². The topological polar surface area (TPSA) is 33.7 Å². The van der Waals surface area contributed by atoms with Crippen LogP contribution in [0, 0.1) is 17.8 Å². The lowest BCUT2D eigenvalue weighted by Crippen LogP contribution is -2.37. The van der Waals surface area contributed by atoms with Gasteiger partial charge in [0.05, 0.1) is 0 Å². The molecule has 1 aromatic carbocycles. The molecule has 0 aliphatic carbocycles. The van der Waals surface area contributed by atoms with Crippen molar-refractivity contribution in [3.8, 4) is 11.5 Å². The van der Waals surface area contributed by atoms with Gasteiger partial charge >= 0.3 is 0 Å². The lowest BCUT2D eigenvalue weighted by molar-refractivity contribution is 0.174. The third kappa shape index (κ3) is 2.26. The van der Waals surface area contributed by atoms with Gasteiger partial charge in [-0.2, -0.15) is 0 Å². The molecule has 4 nitrogen and oxygen atoms in total. The number of hydrogen-bond donors (Lipinski definition) is 1. The van der Waals surface area contributed by atoms with Crippen LogP contribution in [0.2, 0.25) is 0 Å². The standard InChI is InChI=1S/C19H26N2O2/c1-12(6-13-2-5-18-19(7-13)23-11-22-18)10-21-16-3-4-17(21)15-9-20-8-14(15)16/h2,5,7,12,14-17,20H,3-4,6,8-11H2,1H3/t12-,14-,15+,16-,17+/m1/s1. The highest BCUT2D eigenvalue weighted by Gasteiger charge is 2.54. The van der Waals surface area contributed by atoms with Gasteiger partial charge in [-0.05, 0) is 67.8 Å². The molecule has 4 aliphatic rings. The van der Waals surface area contributed by atoms with Gasteiger partial charge in [-0.25, -0.2) is 0 Å². The van der Waals surface area contributed by atoms with Crippen LogP contribution in [0.25, 0.3) is 0 Å². The van der Waals surface area contributed by atoms with E-state index in [-0.39, 0.29) is 0 Å². The molecule has 0 unspecified atom stereocenters. The van der Waals surface area contributed by atoms with Crippen LogP contribution in [-0.4, -0.2) is 43.4 Å². The van der Waals surface area contributed by atoms with E-state index in [4.69, 9.17) is 9.47 Å². The van der Waals surface area contributed by atoms with Gasteiger partial charge in [0.1, 0.15) is 0 Å². The molecule has 5 rings (SSSR count). The fourth-order valence-corrected chi connectivity index (χ4v) is 5.57. The summed E-state index contributed by atoms with van der Waals surface area (Å²) in [6, 6.07) is 8.11. The Hall–Kier alpha value is -1.26. The molecular formula is C19H26N2O2. The number of benzene rings is 1. The molecule has 0 saturated carbocycles. The quantitative estimate of drug-likeness (QED) is 0.924. The van der Waals surface area contributed by atoms with E-state index in [1.165, 1.54) is 38.0 Å². The Morgan fingerprint density at radius 1 is 1.13 bits per heavy atom. The summed E-state index contributed by atoms with van der Waals surface area (Å²) in [7, 11) is 0. The largest absolute Gasteiger partial charge is 0.454 e. The van der Waals surface area contributed by atoms with E-state index < -0.39 is 0 Å². The van der Waals surface area contributed by atoms with Gasteiger partial charge in [0.2, 0.25) is 6.79 Å². The van der Waals surface area contributed by atoms with Crippen molar-refractivity contribution in [2.24, 2.45) is 17.8 Å². The van der Waals surface area contributed by atoms with Gasteiger partial charge in [-0.3, -0.25) is 4.90 Å². The first-order chi connectivity index (χ1) is 11.3. The van der Waals surface area contributed by atoms with Crippen LogP contribution in [0.5, 0.6) is 11.5 Å². The normalized spacial score (nSPS) is 35.7. The van der Waals surface area contributed by atoms with Crippen LogP contribution in [0.1, 0.15) is 25.3 Å². The predicted octanol–water partition coefficient (Wildman–Crippen LogP) is 2.28. The van der Waals surface area contributed by atoms with Crippen LogP contribution in [0.15, 0.2) is 18.2 Å². The highest BCUT2D eigenvalue weighted by Crippen LogP contribution is 2.47. The van der Waals surface area contributed by atoms with Crippen LogP contribution >= 0.6 is 0 Å². The summed E-state index contributed by atoms with van der Waals surface area (Å²) in [4.78, 5) is 2.85. The van der Waals surface area contributed by atoms with E-state index >= 15 is 0 Å². The lowest BCUT2D eigenvalue weighted by atomic mass is 9.82. The van der Waals surface area contributed by atoms with Gasteiger partial charge in [0, 0.05) is 18.6 Å². The number of nitrogens with one attached hydrogen (secondary N) is 1. The predicted molar refractivity (Wildman–Crippen MR) is 88.8 cm³/mol. The number of fused-ring (bicyclic) bond motifs is 6. The molecule has 0 aromatic heterocycles.